The van der Waals surface area contributed by atoms with Crippen LogP contribution in [0.4, 0.5) is 5.69 Å². The smallest absolute Gasteiger partial charge is 0.265 e. The van der Waals surface area contributed by atoms with Gasteiger partial charge >= 0.3 is 0 Å². The van der Waals surface area contributed by atoms with Crippen molar-refractivity contribution in [2.45, 2.75) is 13.0 Å². The summed E-state index contributed by atoms with van der Waals surface area (Å²) in [7, 11) is 0. The number of benzene rings is 2. The first-order chi connectivity index (χ1) is 15.6. The molecule has 0 aliphatic carbocycles. The van der Waals surface area contributed by atoms with Gasteiger partial charge in [0.25, 0.3) is 11.8 Å². The molecule has 3 aromatic rings. The summed E-state index contributed by atoms with van der Waals surface area (Å²) in [5, 5.41) is 7.81. The third kappa shape index (κ3) is 5.62. The van der Waals surface area contributed by atoms with Crippen molar-refractivity contribution in [2.75, 3.05) is 38.2 Å². The van der Waals surface area contributed by atoms with E-state index in [4.69, 9.17) is 4.74 Å². The molecule has 1 unspecified atom stereocenters. The van der Waals surface area contributed by atoms with Crippen LogP contribution in [0.25, 0.3) is 0 Å². The Morgan fingerprint density at radius 2 is 1.84 bits per heavy atom. The Kier molecular flexibility index (Phi) is 7.32. The molecule has 166 valence electrons. The van der Waals surface area contributed by atoms with Gasteiger partial charge in [-0.3, -0.25) is 14.5 Å². The molecule has 1 aliphatic heterocycles. The lowest BCUT2D eigenvalue weighted by molar-refractivity contribution is 0.0162. The summed E-state index contributed by atoms with van der Waals surface area (Å²) in [6.45, 7) is 5.63. The van der Waals surface area contributed by atoms with Crippen molar-refractivity contribution in [3.05, 3.63) is 87.6 Å². The normalized spacial score (nSPS) is 15.2. The Bertz CT molecular complexity index is 1060. The molecule has 4 rings (SSSR count). The average molecular weight is 450 g/mol. The average Bonchev–Trinajstić information content (AvgIpc) is 3.35. The van der Waals surface area contributed by atoms with Crippen LogP contribution in [0, 0.1) is 6.92 Å². The van der Waals surface area contributed by atoms with E-state index in [0.717, 1.165) is 13.1 Å². The number of hydrogen-bond acceptors (Lipinski definition) is 5. The Balaban J connectivity index is 1.44. The number of hydrogen-bond donors (Lipinski definition) is 2. The number of anilines is 1. The first-order valence-electron chi connectivity index (χ1n) is 10.7. The maximum atomic E-state index is 12.9. The zero-order valence-corrected chi connectivity index (χ0v) is 18.9. The standard InChI is InChI=1S/C25H27N3O3S/c1-18-5-2-6-19(15-18)22(28-10-12-31-13-11-28)17-26-24(29)20-7-3-8-21(16-20)27-25(30)23-9-4-14-32-23/h2-9,14-16,22H,10-13,17H2,1H3,(H,26,29)(H,27,30). The molecule has 0 bridgehead atoms. The summed E-state index contributed by atoms with van der Waals surface area (Å²) in [4.78, 5) is 28.2. The number of thiophene rings is 1. The highest BCUT2D eigenvalue weighted by molar-refractivity contribution is 7.12. The molecule has 2 N–H and O–H groups in total. The summed E-state index contributed by atoms with van der Waals surface area (Å²) < 4.78 is 5.51. The van der Waals surface area contributed by atoms with Crippen molar-refractivity contribution in [3.63, 3.8) is 0 Å². The monoisotopic (exact) mass is 449 g/mol. The third-order valence-electron chi connectivity index (χ3n) is 5.50. The van der Waals surface area contributed by atoms with E-state index < -0.39 is 0 Å². The van der Waals surface area contributed by atoms with Gasteiger partial charge in [0.1, 0.15) is 0 Å². The van der Waals surface area contributed by atoms with Gasteiger partial charge in [0.15, 0.2) is 0 Å². The van der Waals surface area contributed by atoms with Gasteiger partial charge in [0.05, 0.1) is 24.1 Å². The van der Waals surface area contributed by atoms with Crippen LogP contribution in [0.1, 0.15) is 37.2 Å². The molecule has 0 radical (unpaired) electrons. The highest BCUT2D eigenvalue weighted by Crippen LogP contribution is 2.23. The fourth-order valence-corrected chi connectivity index (χ4v) is 4.47. The van der Waals surface area contributed by atoms with E-state index in [1.165, 1.54) is 22.5 Å². The van der Waals surface area contributed by atoms with E-state index in [2.05, 4.69) is 46.7 Å². The quantitative estimate of drug-likeness (QED) is 0.570. The highest BCUT2D eigenvalue weighted by Gasteiger charge is 2.23. The number of nitrogens with zero attached hydrogens (tertiary/aromatic N) is 1. The zero-order chi connectivity index (χ0) is 22.3. The molecule has 2 aromatic carbocycles. The second kappa shape index (κ2) is 10.5. The number of amides is 2. The number of carbonyl (C=O) groups excluding carboxylic acids is 2. The summed E-state index contributed by atoms with van der Waals surface area (Å²) in [6.07, 6.45) is 0. The highest BCUT2D eigenvalue weighted by atomic mass is 32.1. The largest absolute Gasteiger partial charge is 0.379 e. The zero-order valence-electron chi connectivity index (χ0n) is 18.0. The number of rotatable bonds is 7. The molecule has 2 heterocycles. The predicted octanol–water partition coefficient (Wildman–Crippen LogP) is 4.11. The van der Waals surface area contributed by atoms with Gasteiger partial charge in [-0.15, -0.1) is 11.3 Å². The number of aryl methyl sites for hydroxylation is 1. The van der Waals surface area contributed by atoms with E-state index in [1.54, 1.807) is 30.3 Å². The predicted molar refractivity (Wildman–Crippen MR) is 127 cm³/mol. The van der Waals surface area contributed by atoms with Gasteiger partial charge in [0, 0.05) is 30.9 Å². The van der Waals surface area contributed by atoms with Crippen LogP contribution in [-0.2, 0) is 4.74 Å². The summed E-state index contributed by atoms with van der Waals surface area (Å²) >= 11 is 1.38. The van der Waals surface area contributed by atoms with Crippen LogP contribution in [0.3, 0.4) is 0 Å². The van der Waals surface area contributed by atoms with Crippen molar-refractivity contribution in [2.24, 2.45) is 0 Å². The van der Waals surface area contributed by atoms with Gasteiger partial charge < -0.3 is 15.4 Å². The lowest BCUT2D eigenvalue weighted by Gasteiger charge is -2.35. The molecule has 1 fully saturated rings. The molecular weight excluding hydrogens is 422 g/mol. The number of morpholine rings is 1. The maximum Gasteiger partial charge on any atom is 0.265 e. The van der Waals surface area contributed by atoms with Crippen LogP contribution >= 0.6 is 11.3 Å². The molecular formula is C25H27N3O3S. The first-order valence-corrected chi connectivity index (χ1v) is 11.6. The van der Waals surface area contributed by atoms with Gasteiger partial charge in [-0.2, -0.15) is 0 Å². The molecule has 6 nitrogen and oxygen atoms in total. The first kappa shape index (κ1) is 22.2. The van der Waals surface area contributed by atoms with Gasteiger partial charge in [-0.05, 0) is 42.1 Å². The van der Waals surface area contributed by atoms with Crippen LogP contribution in [0.2, 0.25) is 0 Å². The summed E-state index contributed by atoms with van der Waals surface area (Å²) in [5.41, 5.74) is 3.49. The molecule has 1 aliphatic rings. The lowest BCUT2D eigenvalue weighted by atomic mass is 10.0. The van der Waals surface area contributed by atoms with E-state index in [1.807, 2.05) is 11.4 Å². The van der Waals surface area contributed by atoms with Crippen molar-refractivity contribution in [1.29, 1.82) is 0 Å². The molecule has 1 atom stereocenters. The fraction of sp³-hybridized carbons (Fsp3) is 0.280. The topological polar surface area (TPSA) is 70.7 Å². The van der Waals surface area contributed by atoms with Crippen LogP contribution in [-0.4, -0.2) is 49.6 Å². The Morgan fingerprint density at radius 3 is 2.59 bits per heavy atom. The van der Waals surface area contributed by atoms with Crippen LogP contribution in [0.15, 0.2) is 66.0 Å². The number of ether oxygens (including phenoxy) is 1. The van der Waals surface area contributed by atoms with E-state index in [0.29, 0.717) is 35.9 Å². The van der Waals surface area contributed by atoms with Gasteiger partial charge in [-0.1, -0.05) is 42.0 Å². The fourth-order valence-electron chi connectivity index (χ4n) is 3.85. The molecule has 0 spiro atoms. The second-order valence-electron chi connectivity index (χ2n) is 7.80. The lowest BCUT2D eigenvalue weighted by Crippen LogP contribution is -2.43. The minimum absolute atomic E-state index is 0.0736. The van der Waals surface area contributed by atoms with E-state index >= 15 is 0 Å². The Labute approximate surface area is 192 Å². The second-order valence-corrected chi connectivity index (χ2v) is 8.75. The minimum atomic E-state index is -0.176. The van der Waals surface area contributed by atoms with Crippen LogP contribution in [0.5, 0.6) is 0 Å². The Morgan fingerprint density at radius 1 is 1.03 bits per heavy atom. The Hall–Kier alpha value is -3.00. The summed E-state index contributed by atoms with van der Waals surface area (Å²) in [5.74, 6) is -0.340. The number of nitrogens with one attached hydrogen (secondary N) is 2. The molecule has 1 saturated heterocycles. The van der Waals surface area contributed by atoms with E-state index in [9.17, 15) is 9.59 Å². The van der Waals surface area contributed by atoms with Crippen molar-refractivity contribution in [3.8, 4) is 0 Å². The van der Waals surface area contributed by atoms with Crippen molar-refractivity contribution >= 4 is 28.8 Å². The SMILES string of the molecule is Cc1cccc(C(CNC(=O)c2cccc(NC(=O)c3cccs3)c2)N2CCOCC2)c1. The third-order valence-corrected chi connectivity index (χ3v) is 6.37. The van der Waals surface area contributed by atoms with Gasteiger partial charge in [-0.25, -0.2) is 0 Å². The minimum Gasteiger partial charge on any atom is -0.379 e. The molecule has 0 saturated carbocycles. The van der Waals surface area contributed by atoms with Crippen molar-refractivity contribution in [1.82, 2.24) is 10.2 Å². The van der Waals surface area contributed by atoms with E-state index in [-0.39, 0.29) is 17.9 Å². The van der Waals surface area contributed by atoms with Crippen molar-refractivity contribution < 1.29 is 14.3 Å². The summed E-state index contributed by atoms with van der Waals surface area (Å²) in [6, 6.07) is 19.1. The van der Waals surface area contributed by atoms with Gasteiger partial charge in [0.2, 0.25) is 0 Å². The van der Waals surface area contributed by atoms with Crippen LogP contribution < -0.4 is 10.6 Å². The molecule has 7 heteroatoms. The maximum absolute atomic E-state index is 12.9. The molecule has 2 amide bonds. The molecule has 32 heavy (non-hydrogen) atoms. The molecule has 1 aromatic heterocycles. The number of carbonyl (C=O) groups is 2.